The number of pyridine rings is 1. The zero-order chi connectivity index (χ0) is 20.6. The first-order valence-corrected chi connectivity index (χ1v) is 10.5. The maximum Gasteiger partial charge on any atom is 0.312 e. The molecule has 0 aliphatic heterocycles. The number of nitrogens with zero attached hydrogens (tertiary/aromatic N) is 2. The van der Waals surface area contributed by atoms with E-state index in [-0.39, 0.29) is 5.91 Å². The fourth-order valence-corrected chi connectivity index (χ4v) is 3.25. The van der Waals surface area contributed by atoms with Crippen molar-refractivity contribution in [1.29, 1.82) is 0 Å². The van der Waals surface area contributed by atoms with Gasteiger partial charge in [-0.05, 0) is 42.7 Å². The van der Waals surface area contributed by atoms with Crippen molar-refractivity contribution in [2.75, 3.05) is 17.3 Å². The number of fused-ring (bicyclic) bond motifs is 1. The summed E-state index contributed by atoms with van der Waals surface area (Å²) in [4.78, 5) is 28.2. The molecular formula is C20H23N5O3S. The van der Waals surface area contributed by atoms with Crippen molar-refractivity contribution in [2.24, 2.45) is 5.73 Å². The van der Waals surface area contributed by atoms with Gasteiger partial charge in [-0.25, -0.2) is 9.78 Å². The van der Waals surface area contributed by atoms with E-state index < -0.39 is 12.1 Å². The van der Waals surface area contributed by atoms with Crippen LogP contribution in [0.3, 0.4) is 0 Å². The second kappa shape index (κ2) is 9.83. The maximum absolute atomic E-state index is 12.5. The summed E-state index contributed by atoms with van der Waals surface area (Å²) in [5.74, 6) is 0.999. The molecule has 3 rings (SSSR count). The van der Waals surface area contributed by atoms with E-state index in [4.69, 9.17) is 10.5 Å². The number of hydrogen-bond donors (Lipinski definition) is 3. The normalized spacial score (nSPS) is 11.8. The molecule has 2 heterocycles. The van der Waals surface area contributed by atoms with Crippen molar-refractivity contribution in [3.8, 4) is 5.75 Å². The van der Waals surface area contributed by atoms with E-state index >= 15 is 0 Å². The van der Waals surface area contributed by atoms with Crippen LogP contribution in [0.5, 0.6) is 5.75 Å². The van der Waals surface area contributed by atoms with Gasteiger partial charge >= 0.3 is 6.03 Å². The second-order valence-electron chi connectivity index (χ2n) is 6.35. The summed E-state index contributed by atoms with van der Waals surface area (Å²) in [5.41, 5.74) is 7.40. The summed E-state index contributed by atoms with van der Waals surface area (Å²) < 4.78 is 7.74. The molecule has 8 nitrogen and oxygen atoms in total. The largest absolute Gasteiger partial charge is 0.487 e. The van der Waals surface area contributed by atoms with Crippen LogP contribution in [0.1, 0.15) is 12.1 Å². The van der Waals surface area contributed by atoms with Gasteiger partial charge in [0.2, 0.25) is 5.91 Å². The smallest absolute Gasteiger partial charge is 0.312 e. The minimum absolute atomic E-state index is 0.304. The number of carbonyl (C=O) groups excluding carboxylic acids is 2. The fraction of sp³-hybridized carbons (Fsp3) is 0.250. The van der Waals surface area contributed by atoms with Crippen LogP contribution < -0.4 is 21.1 Å². The first-order chi connectivity index (χ1) is 14.0. The first-order valence-electron chi connectivity index (χ1n) is 9.06. The Kier molecular flexibility index (Phi) is 6.96. The number of anilines is 1. The van der Waals surface area contributed by atoms with Gasteiger partial charge in [0.05, 0.1) is 5.69 Å². The SMILES string of the molecule is CSCCC(NC(N)=O)C(=O)Nc1cccc(OCc2cn3ccccc3n2)c1. The molecule has 29 heavy (non-hydrogen) atoms. The Bertz CT molecular complexity index is 958. The summed E-state index contributed by atoms with van der Waals surface area (Å²) in [7, 11) is 0. The molecule has 4 N–H and O–H groups in total. The van der Waals surface area contributed by atoms with Gasteiger partial charge < -0.3 is 25.5 Å². The number of amides is 3. The molecule has 0 saturated carbocycles. The Balaban J connectivity index is 1.61. The number of thioether (sulfide) groups is 1. The van der Waals surface area contributed by atoms with E-state index in [1.807, 2.05) is 41.2 Å². The molecule has 1 aromatic carbocycles. The lowest BCUT2D eigenvalue weighted by atomic mass is 10.2. The van der Waals surface area contributed by atoms with Crippen LogP contribution in [0.4, 0.5) is 10.5 Å². The number of nitrogens with two attached hydrogens (primary N) is 1. The Morgan fingerprint density at radius 3 is 2.90 bits per heavy atom. The van der Waals surface area contributed by atoms with Gasteiger partial charge in [-0.2, -0.15) is 11.8 Å². The van der Waals surface area contributed by atoms with E-state index in [1.54, 1.807) is 36.0 Å². The van der Waals surface area contributed by atoms with Crippen molar-refractivity contribution in [3.05, 3.63) is 60.6 Å². The summed E-state index contributed by atoms with van der Waals surface area (Å²) in [6, 6.07) is 11.4. The predicted octanol–water partition coefficient (Wildman–Crippen LogP) is 2.64. The third-order valence-electron chi connectivity index (χ3n) is 4.15. The Labute approximate surface area is 172 Å². The van der Waals surface area contributed by atoms with Crippen molar-refractivity contribution < 1.29 is 14.3 Å². The molecule has 0 saturated heterocycles. The molecule has 0 bridgehead atoms. The van der Waals surface area contributed by atoms with Crippen molar-refractivity contribution >= 4 is 35.0 Å². The molecule has 0 aliphatic carbocycles. The van der Waals surface area contributed by atoms with Crippen LogP contribution in [-0.2, 0) is 11.4 Å². The van der Waals surface area contributed by atoms with Gasteiger partial charge in [-0.1, -0.05) is 12.1 Å². The van der Waals surface area contributed by atoms with Gasteiger partial charge in [-0.15, -0.1) is 0 Å². The zero-order valence-corrected chi connectivity index (χ0v) is 16.8. The molecule has 0 fully saturated rings. The van der Waals surface area contributed by atoms with Crippen LogP contribution in [0, 0.1) is 0 Å². The number of carbonyl (C=O) groups is 2. The van der Waals surface area contributed by atoms with Crippen molar-refractivity contribution in [2.45, 2.75) is 19.1 Å². The van der Waals surface area contributed by atoms with Crippen LogP contribution in [-0.4, -0.2) is 39.4 Å². The summed E-state index contributed by atoms with van der Waals surface area (Å²) in [5, 5.41) is 5.28. The molecule has 3 aromatic rings. The van der Waals surface area contributed by atoms with Gasteiger partial charge in [0.1, 0.15) is 24.0 Å². The van der Waals surface area contributed by atoms with E-state index in [0.29, 0.717) is 24.5 Å². The second-order valence-corrected chi connectivity index (χ2v) is 7.33. The molecule has 0 radical (unpaired) electrons. The van der Waals surface area contributed by atoms with Crippen LogP contribution in [0.25, 0.3) is 5.65 Å². The van der Waals surface area contributed by atoms with E-state index in [9.17, 15) is 9.59 Å². The molecule has 1 atom stereocenters. The summed E-state index contributed by atoms with van der Waals surface area (Å²) in [6.07, 6.45) is 6.26. The van der Waals surface area contributed by atoms with Crippen LogP contribution in [0.15, 0.2) is 54.9 Å². The summed E-state index contributed by atoms with van der Waals surface area (Å²) in [6.45, 7) is 0.304. The number of benzene rings is 1. The van der Waals surface area contributed by atoms with Crippen LogP contribution in [0.2, 0.25) is 0 Å². The molecule has 3 amide bonds. The van der Waals surface area contributed by atoms with Gasteiger partial charge in [-0.3, -0.25) is 4.79 Å². The Morgan fingerprint density at radius 1 is 1.28 bits per heavy atom. The zero-order valence-electron chi connectivity index (χ0n) is 16.0. The van der Waals surface area contributed by atoms with Crippen LogP contribution >= 0.6 is 11.8 Å². The monoisotopic (exact) mass is 413 g/mol. The molecule has 9 heteroatoms. The Hall–Kier alpha value is -3.20. The number of imidazole rings is 1. The quantitative estimate of drug-likeness (QED) is 0.499. The number of rotatable bonds is 9. The lowest BCUT2D eigenvalue weighted by Crippen LogP contribution is -2.46. The highest BCUT2D eigenvalue weighted by Crippen LogP contribution is 2.19. The third kappa shape index (κ3) is 5.89. The van der Waals surface area contributed by atoms with Crippen molar-refractivity contribution in [1.82, 2.24) is 14.7 Å². The molecular weight excluding hydrogens is 390 g/mol. The number of aromatic nitrogens is 2. The average molecular weight is 414 g/mol. The highest BCUT2D eigenvalue weighted by atomic mass is 32.2. The Morgan fingerprint density at radius 2 is 2.14 bits per heavy atom. The lowest BCUT2D eigenvalue weighted by molar-refractivity contribution is -0.117. The average Bonchev–Trinajstić information content (AvgIpc) is 3.12. The molecule has 0 spiro atoms. The predicted molar refractivity (Wildman–Crippen MR) is 114 cm³/mol. The van der Waals surface area contributed by atoms with E-state index in [2.05, 4.69) is 15.6 Å². The van der Waals surface area contributed by atoms with Gasteiger partial charge in [0.15, 0.2) is 0 Å². The minimum Gasteiger partial charge on any atom is -0.487 e. The fourth-order valence-electron chi connectivity index (χ4n) is 2.78. The third-order valence-corrected chi connectivity index (χ3v) is 4.79. The lowest BCUT2D eigenvalue weighted by Gasteiger charge is -2.17. The number of urea groups is 1. The maximum atomic E-state index is 12.5. The molecule has 1 unspecified atom stereocenters. The number of primary amides is 1. The topological polar surface area (TPSA) is 111 Å². The number of nitrogens with one attached hydrogen (secondary N) is 2. The molecule has 152 valence electrons. The molecule has 0 aliphatic rings. The first kappa shape index (κ1) is 20.5. The summed E-state index contributed by atoms with van der Waals surface area (Å²) >= 11 is 1.59. The standard InChI is InChI=1S/C20H23N5O3S/c1-29-10-8-17(24-20(21)27)19(26)23-14-5-4-6-16(11-14)28-13-15-12-25-9-3-2-7-18(25)22-15/h2-7,9,11-12,17H,8,10,13H2,1H3,(H,23,26)(H3,21,24,27). The van der Waals surface area contributed by atoms with Gasteiger partial charge in [0.25, 0.3) is 0 Å². The number of hydrogen-bond acceptors (Lipinski definition) is 5. The van der Waals surface area contributed by atoms with Gasteiger partial charge in [0, 0.05) is 24.1 Å². The van der Waals surface area contributed by atoms with Crippen molar-refractivity contribution in [3.63, 3.8) is 0 Å². The highest BCUT2D eigenvalue weighted by Gasteiger charge is 2.19. The number of ether oxygens (including phenoxy) is 1. The van der Waals surface area contributed by atoms with E-state index in [0.717, 1.165) is 17.1 Å². The molecule has 2 aromatic heterocycles. The highest BCUT2D eigenvalue weighted by molar-refractivity contribution is 7.98. The minimum atomic E-state index is -0.726. The van der Waals surface area contributed by atoms with E-state index in [1.165, 1.54) is 0 Å².